The van der Waals surface area contributed by atoms with Crippen molar-refractivity contribution in [2.75, 3.05) is 0 Å². The highest BCUT2D eigenvalue weighted by Crippen LogP contribution is 2.46. The monoisotopic (exact) mass is 728 g/mol. The van der Waals surface area contributed by atoms with Gasteiger partial charge in [0.05, 0.1) is 38.8 Å². The van der Waals surface area contributed by atoms with Crippen molar-refractivity contribution in [1.82, 2.24) is 28.7 Å². The second-order valence-electron chi connectivity index (χ2n) is 14.4. The smallest absolute Gasteiger partial charge is 0.238 e. The Bertz CT molecular complexity index is 3390. The zero-order valence-corrected chi connectivity index (χ0v) is 30.7. The first-order valence-electron chi connectivity index (χ1n) is 19.2. The van der Waals surface area contributed by atoms with Gasteiger partial charge in [0, 0.05) is 49.1 Å². The van der Waals surface area contributed by atoms with Gasteiger partial charge < -0.3 is 9.13 Å². The van der Waals surface area contributed by atoms with Crippen molar-refractivity contribution in [2.45, 2.75) is 0 Å². The van der Waals surface area contributed by atoms with Gasteiger partial charge in [-0.25, -0.2) is 4.98 Å². The molecule has 8 aromatic carbocycles. The summed E-state index contributed by atoms with van der Waals surface area (Å²) in [6, 6.07) is 68.4. The second kappa shape index (κ2) is 12.3. The number of fused-ring (bicyclic) bond motifs is 9. The molecule has 266 valence electrons. The average molecular weight is 729 g/mol. The van der Waals surface area contributed by atoms with E-state index in [2.05, 4.69) is 171 Å². The Morgan fingerprint density at radius 3 is 1.28 bits per heavy atom. The lowest BCUT2D eigenvalue weighted by Gasteiger charge is -2.17. The van der Waals surface area contributed by atoms with Crippen molar-refractivity contribution in [3.05, 3.63) is 194 Å². The number of hydrogen-bond donors (Lipinski definition) is 0. The lowest BCUT2D eigenvalue weighted by molar-refractivity contribution is 0.953. The van der Waals surface area contributed by atoms with Gasteiger partial charge in [0.2, 0.25) is 5.95 Å². The van der Waals surface area contributed by atoms with E-state index in [9.17, 15) is 0 Å². The summed E-state index contributed by atoms with van der Waals surface area (Å²) in [7, 11) is 0. The molecule has 0 saturated carbocycles. The van der Waals surface area contributed by atoms with E-state index in [-0.39, 0.29) is 0 Å². The van der Waals surface area contributed by atoms with Crippen LogP contribution in [0.5, 0.6) is 0 Å². The van der Waals surface area contributed by atoms with E-state index in [1.807, 2.05) is 36.4 Å². The molecule has 0 N–H and O–H groups in total. The zero-order valence-electron chi connectivity index (χ0n) is 30.7. The van der Waals surface area contributed by atoms with Crippen molar-refractivity contribution in [1.29, 1.82) is 0 Å². The van der Waals surface area contributed by atoms with Gasteiger partial charge in [0.1, 0.15) is 0 Å². The maximum absolute atomic E-state index is 5.29. The summed E-state index contributed by atoms with van der Waals surface area (Å²) in [6.45, 7) is 0. The Labute approximate surface area is 327 Å². The molecule has 0 spiro atoms. The zero-order chi connectivity index (χ0) is 37.5. The summed E-state index contributed by atoms with van der Waals surface area (Å²) in [6.07, 6.45) is 0. The quantitative estimate of drug-likeness (QED) is 0.177. The minimum Gasteiger partial charge on any atom is -0.307 e. The highest BCUT2D eigenvalue weighted by Gasteiger charge is 2.27. The van der Waals surface area contributed by atoms with E-state index in [0.717, 1.165) is 71.8 Å². The number of para-hydroxylation sites is 5. The van der Waals surface area contributed by atoms with Crippen LogP contribution < -0.4 is 0 Å². The fraction of sp³-hybridized carbons (Fsp3) is 0. The molecule has 0 bridgehead atoms. The van der Waals surface area contributed by atoms with Gasteiger partial charge in [0.25, 0.3) is 0 Å². The van der Waals surface area contributed by atoms with Crippen LogP contribution >= 0.6 is 0 Å². The van der Waals surface area contributed by atoms with Gasteiger partial charge in [0.15, 0.2) is 11.6 Å². The molecule has 12 rings (SSSR count). The Morgan fingerprint density at radius 2 is 0.737 bits per heavy atom. The third kappa shape index (κ3) is 4.68. The fourth-order valence-electron chi connectivity index (χ4n) is 8.88. The Morgan fingerprint density at radius 1 is 0.316 bits per heavy atom. The van der Waals surface area contributed by atoms with Crippen LogP contribution in [0, 0.1) is 0 Å². The molecular weight excluding hydrogens is 697 g/mol. The molecule has 0 aliphatic rings. The third-order valence-corrected chi connectivity index (χ3v) is 11.3. The van der Waals surface area contributed by atoms with Gasteiger partial charge >= 0.3 is 0 Å². The second-order valence-corrected chi connectivity index (χ2v) is 14.4. The first-order chi connectivity index (χ1) is 28.3. The molecule has 0 saturated heterocycles. The molecule has 4 heterocycles. The van der Waals surface area contributed by atoms with Gasteiger partial charge in [-0.2, -0.15) is 9.97 Å². The van der Waals surface area contributed by atoms with Crippen LogP contribution in [0.15, 0.2) is 194 Å². The molecule has 0 unspecified atom stereocenters. The van der Waals surface area contributed by atoms with E-state index >= 15 is 0 Å². The van der Waals surface area contributed by atoms with E-state index in [1.165, 1.54) is 16.2 Å². The summed E-state index contributed by atoms with van der Waals surface area (Å²) < 4.78 is 7.18. The molecule has 6 nitrogen and oxygen atoms in total. The highest BCUT2D eigenvalue weighted by atomic mass is 15.2. The molecule has 0 aliphatic heterocycles. The van der Waals surface area contributed by atoms with E-state index in [0.29, 0.717) is 17.6 Å². The third-order valence-electron chi connectivity index (χ3n) is 11.3. The van der Waals surface area contributed by atoms with Crippen LogP contribution in [0.2, 0.25) is 0 Å². The molecule has 0 amide bonds. The maximum Gasteiger partial charge on any atom is 0.238 e. The molecular formula is C51H32N6. The van der Waals surface area contributed by atoms with Crippen LogP contribution in [-0.2, 0) is 0 Å². The molecule has 4 aromatic heterocycles. The molecule has 0 atom stereocenters. The number of benzene rings is 8. The number of aromatic nitrogens is 6. The minimum absolute atomic E-state index is 0.563. The summed E-state index contributed by atoms with van der Waals surface area (Å²) in [5, 5.41) is 6.96. The van der Waals surface area contributed by atoms with Crippen LogP contribution in [0.4, 0.5) is 0 Å². The standard InChI is InChI=1S/C51H32N6/c1-4-18-33(19-5-1)49-52-50(34-20-6-2-7-21-34)54-51(53-49)57-44-31-17-13-27-39(44)46-45(57)32-40-38-26-12-14-28-41(38)55(35-22-8-3-9-23-35)47(40)48(46)56-42-29-15-10-24-36(42)37-25-11-16-30-43(37)56/h1-32H. The van der Waals surface area contributed by atoms with Crippen molar-refractivity contribution >= 4 is 65.4 Å². The molecule has 0 radical (unpaired) electrons. The van der Waals surface area contributed by atoms with Crippen LogP contribution in [0.25, 0.3) is 106 Å². The highest BCUT2D eigenvalue weighted by molar-refractivity contribution is 6.25. The maximum atomic E-state index is 5.29. The first-order valence-corrected chi connectivity index (χ1v) is 19.2. The average Bonchev–Trinajstić information content (AvgIpc) is 3.92. The summed E-state index contributed by atoms with van der Waals surface area (Å²) in [5.74, 6) is 1.80. The Hall–Kier alpha value is -7.83. The lowest BCUT2D eigenvalue weighted by Crippen LogP contribution is -2.07. The van der Waals surface area contributed by atoms with Crippen LogP contribution in [-0.4, -0.2) is 28.7 Å². The van der Waals surface area contributed by atoms with Gasteiger partial charge in [-0.1, -0.05) is 152 Å². The first kappa shape index (κ1) is 31.5. The van der Waals surface area contributed by atoms with Gasteiger partial charge in [-0.3, -0.25) is 4.57 Å². The molecule has 0 fully saturated rings. The fourth-order valence-corrected chi connectivity index (χ4v) is 8.88. The summed E-state index contributed by atoms with van der Waals surface area (Å²) >= 11 is 0. The largest absolute Gasteiger partial charge is 0.307 e. The van der Waals surface area contributed by atoms with Gasteiger partial charge in [-0.15, -0.1) is 0 Å². The predicted octanol–water partition coefficient (Wildman–Crippen LogP) is 12.5. The number of rotatable bonds is 5. The summed E-state index contributed by atoms with van der Waals surface area (Å²) in [5.41, 5.74) is 10.7. The van der Waals surface area contributed by atoms with Crippen molar-refractivity contribution in [2.24, 2.45) is 0 Å². The van der Waals surface area contributed by atoms with Crippen molar-refractivity contribution in [3.8, 4) is 40.1 Å². The SMILES string of the molecule is c1ccc(-c2nc(-c3ccccc3)nc(-n3c4ccccc4c4c(-n5c6ccccc6c6ccccc65)c5c(cc43)c3ccccc3n5-c3ccccc3)n2)cc1. The number of nitrogens with zero attached hydrogens (tertiary/aromatic N) is 6. The normalized spacial score (nSPS) is 11.9. The lowest BCUT2D eigenvalue weighted by atomic mass is 10.1. The van der Waals surface area contributed by atoms with Crippen LogP contribution in [0.3, 0.4) is 0 Å². The van der Waals surface area contributed by atoms with Crippen LogP contribution in [0.1, 0.15) is 0 Å². The van der Waals surface area contributed by atoms with E-state index in [1.54, 1.807) is 0 Å². The predicted molar refractivity (Wildman–Crippen MR) is 234 cm³/mol. The van der Waals surface area contributed by atoms with E-state index < -0.39 is 0 Å². The molecule has 12 aromatic rings. The van der Waals surface area contributed by atoms with E-state index in [4.69, 9.17) is 15.0 Å². The number of hydrogen-bond acceptors (Lipinski definition) is 3. The van der Waals surface area contributed by atoms with Crippen molar-refractivity contribution in [3.63, 3.8) is 0 Å². The molecule has 0 aliphatic carbocycles. The Balaban J connectivity index is 1.32. The Kier molecular flexibility index (Phi) is 6.83. The van der Waals surface area contributed by atoms with Crippen molar-refractivity contribution < 1.29 is 0 Å². The molecule has 57 heavy (non-hydrogen) atoms. The van der Waals surface area contributed by atoms with Gasteiger partial charge in [-0.05, 0) is 42.5 Å². The topological polar surface area (TPSA) is 53.5 Å². The summed E-state index contributed by atoms with van der Waals surface area (Å²) in [4.78, 5) is 15.6. The minimum atomic E-state index is 0.563. The molecule has 6 heteroatoms.